The van der Waals surface area contributed by atoms with Gasteiger partial charge >= 0.3 is 6.18 Å². The molecule has 0 aliphatic carbocycles. The van der Waals surface area contributed by atoms with E-state index < -0.39 is 11.7 Å². The van der Waals surface area contributed by atoms with Gasteiger partial charge in [0.15, 0.2) is 0 Å². The zero-order valence-corrected chi connectivity index (χ0v) is 12.5. The Hall–Kier alpha value is -3.47. The summed E-state index contributed by atoms with van der Waals surface area (Å²) in [5.41, 5.74) is 0.0810. The predicted molar refractivity (Wildman–Crippen MR) is 82.5 cm³/mol. The smallest absolute Gasteiger partial charge is 0.416 e. The van der Waals surface area contributed by atoms with E-state index >= 15 is 0 Å². The maximum atomic E-state index is 12.6. The third kappa shape index (κ3) is 3.72. The molecule has 2 heterocycles. The lowest BCUT2D eigenvalue weighted by molar-refractivity contribution is -0.137. The molecule has 1 aromatic carbocycles. The number of alkyl halides is 3. The summed E-state index contributed by atoms with van der Waals surface area (Å²) in [6, 6.07) is 4.27. The second-order valence-corrected chi connectivity index (χ2v) is 4.77. The van der Waals surface area contributed by atoms with Crippen molar-refractivity contribution < 1.29 is 17.9 Å². The largest absolute Gasteiger partial charge is 0.437 e. The van der Waals surface area contributed by atoms with Gasteiger partial charge in [0.05, 0.1) is 5.56 Å². The van der Waals surface area contributed by atoms with E-state index in [4.69, 9.17) is 11.2 Å². The summed E-state index contributed by atoms with van der Waals surface area (Å²) in [6.07, 6.45) is 6.57. The van der Waals surface area contributed by atoms with E-state index in [1.165, 1.54) is 36.9 Å². The first-order chi connectivity index (χ1) is 12.0. The van der Waals surface area contributed by atoms with Crippen LogP contribution in [0, 0.1) is 12.3 Å². The SMILES string of the molecule is C#Cc1ncc(-c2nccnc2Oc2ccc(C(F)(F)F)cc2)cn1. The quantitative estimate of drug-likeness (QED) is 0.679. The monoisotopic (exact) mass is 342 g/mol. The summed E-state index contributed by atoms with van der Waals surface area (Å²) in [6.45, 7) is 0. The van der Waals surface area contributed by atoms with Gasteiger partial charge in [-0.2, -0.15) is 13.2 Å². The Morgan fingerprint density at radius 3 is 2.16 bits per heavy atom. The molecule has 0 bridgehead atoms. The van der Waals surface area contributed by atoms with Gasteiger partial charge in [-0.3, -0.25) is 0 Å². The third-order valence-corrected chi connectivity index (χ3v) is 3.12. The van der Waals surface area contributed by atoms with E-state index in [-0.39, 0.29) is 17.5 Å². The number of terminal acetylenes is 1. The zero-order valence-electron chi connectivity index (χ0n) is 12.5. The van der Waals surface area contributed by atoms with E-state index in [2.05, 4.69) is 25.9 Å². The predicted octanol–water partition coefficient (Wildman–Crippen LogP) is 3.73. The first-order valence-corrected chi connectivity index (χ1v) is 6.92. The van der Waals surface area contributed by atoms with Crippen molar-refractivity contribution in [1.82, 2.24) is 19.9 Å². The summed E-state index contributed by atoms with van der Waals surface area (Å²) in [5.74, 6) is 2.82. The Labute approximate surface area is 140 Å². The molecule has 0 radical (unpaired) electrons. The van der Waals surface area contributed by atoms with Crippen LogP contribution in [0.15, 0.2) is 49.1 Å². The molecule has 0 aliphatic heterocycles. The Kier molecular flexibility index (Phi) is 4.31. The highest BCUT2D eigenvalue weighted by atomic mass is 19.4. The summed E-state index contributed by atoms with van der Waals surface area (Å²) in [4.78, 5) is 16.1. The average molecular weight is 342 g/mol. The first kappa shape index (κ1) is 16.4. The van der Waals surface area contributed by atoms with Crippen molar-refractivity contribution in [3.05, 3.63) is 60.4 Å². The molecule has 3 aromatic rings. The van der Waals surface area contributed by atoms with Gasteiger partial charge in [-0.05, 0) is 30.2 Å². The second-order valence-electron chi connectivity index (χ2n) is 4.77. The van der Waals surface area contributed by atoms with Gasteiger partial charge in [-0.1, -0.05) is 0 Å². The topological polar surface area (TPSA) is 60.8 Å². The van der Waals surface area contributed by atoms with Crippen molar-refractivity contribution in [2.45, 2.75) is 6.18 Å². The van der Waals surface area contributed by atoms with Crippen molar-refractivity contribution in [2.24, 2.45) is 0 Å². The Morgan fingerprint density at radius 2 is 1.56 bits per heavy atom. The van der Waals surface area contributed by atoms with E-state index in [9.17, 15) is 13.2 Å². The zero-order chi connectivity index (χ0) is 17.9. The molecule has 0 atom stereocenters. The number of hydrogen-bond acceptors (Lipinski definition) is 5. The van der Waals surface area contributed by atoms with Gasteiger partial charge in [0.1, 0.15) is 11.4 Å². The van der Waals surface area contributed by atoms with E-state index in [0.29, 0.717) is 11.3 Å². The maximum Gasteiger partial charge on any atom is 0.416 e. The van der Waals surface area contributed by atoms with E-state index in [1.54, 1.807) is 0 Å². The first-order valence-electron chi connectivity index (χ1n) is 6.92. The summed E-state index contributed by atoms with van der Waals surface area (Å²) in [5, 5.41) is 0. The fourth-order valence-electron chi connectivity index (χ4n) is 1.95. The number of ether oxygens (including phenoxy) is 1. The molecule has 0 spiro atoms. The van der Waals surface area contributed by atoms with Crippen molar-refractivity contribution >= 4 is 0 Å². The van der Waals surface area contributed by atoms with Crippen LogP contribution in [0.2, 0.25) is 0 Å². The van der Waals surface area contributed by atoms with Gasteiger partial charge < -0.3 is 4.74 Å². The van der Waals surface area contributed by atoms with Crippen LogP contribution in [0.5, 0.6) is 11.6 Å². The number of aromatic nitrogens is 4. The molecule has 25 heavy (non-hydrogen) atoms. The van der Waals surface area contributed by atoms with Crippen LogP contribution < -0.4 is 4.74 Å². The minimum Gasteiger partial charge on any atom is -0.437 e. The van der Waals surface area contributed by atoms with Crippen LogP contribution >= 0.6 is 0 Å². The normalized spacial score (nSPS) is 11.0. The fourth-order valence-corrected chi connectivity index (χ4v) is 1.95. The van der Waals surface area contributed by atoms with Gasteiger partial charge in [-0.25, -0.2) is 19.9 Å². The summed E-state index contributed by atoms with van der Waals surface area (Å²) in [7, 11) is 0. The highest BCUT2D eigenvalue weighted by Gasteiger charge is 2.30. The van der Waals surface area contributed by atoms with Crippen molar-refractivity contribution in [2.75, 3.05) is 0 Å². The molecule has 8 heteroatoms. The van der Waals surface area contributed by atoms with Crippen molar-refractivity contribution in [3.63, 3.8) is 0 Å². The molecule has 5 nitrogen and oxygen atoms in total. The highest BCUT2D eigenvalue weighted by molar-refractivity contribution is 5.62. The van der Waals surface area contributed by atoms with Crippen LogP contribution in [0.25, 0.3) is 11.3 Å². The Morgan fingerprint density at radius 1 is 0.920 bits per heavy atom. The molecule has 0 fully saturated rings. The molecular weight excluding hydrogens is 333 g/mol. The lowest BCUT2D eigenvalue weighted by atomic mass is 10.2. The minimum atomic E-state index is -4.41. The average Bonchev–Trinajstić information content (AvgIpc) is 2.62. The van der Waals surface area contributed by atoms with Gasteiger partial charge in [-0.15, -0.1) is 6.42 Å². The van der Waals surface area contributed by atoms with Crippen molar-refractivity contribution in [3.8, 4) is 35.2 Å². The van der Waals surface area contributed by atoms with Gasteiger partial charge in [0, 0.05) is 30.4 Å². The van der Waals surface area contributed by atoms with Crippen LogP contribution in [-0.4, -0.2) is 19.9 Å². The fraction of sp³-hybridized carbons (Fsp3) is 0.0588. The molecule has 0 saturated heterocycles. The molecule has 0 saturated carbocycles. The minimum absolute atomic E-state index is 0.110. The van der Waals surface area contributed by atoms with E-state index in [0.717, 1.165) is 12.1 Å². The van der Waals surface area contributed by atoms with Gasteiger partial charge in [0.2, 0.25) is 11.7 Å². The number of rotatable bonds is 3. The molecule has 2 aromatic heterocycles. The molecule has 0 aliphatic rings. The number of hydrogen-bond donors (Lipinski definition) is 0. The van der Waals surface area contributed by atoms with Crippen LogP contribution in [-0.2, 0) is 6.18 Å². The second kappa shape index (κ2) is 6.57. The highest BCUT2D eigenvalue weighted by Crippen LogP contribution is 2.32. The Balaban J connectivity index is 1.89. The lowest BCUT2D eigenvalue weighted by Gasteiger charge is -2.10. The summed E-state index contributed by atoms with van der Waals surface area (Å²) < 4.78 is 43.4. The number of halogens is 3. The summed E-state index contributed by atoms with van der Waals surface area (Å²) >= 11 is 0. The Bertz CT molecular complexity index is 916. The lowest BCUT2D eigenvalue weighted by Crippen LogP contribution is -2.04. The van der Waals surface area contributed by atoms with Crippen LogP contribution in [0.4, 0.5) is 13.2 Å². The molecule has 0 amide bonds. The van der Waals surface area contributed by atoms with Crippen molar-refractivity contribution in [1.29, 1.82) is 0 Å². The van der Waals surface area contributed by atoms with Crippen LogP contribution in [0.3, 0.4) is 0 Å². The van der Waals surface area contributed by atoms with Crippen LogP contribution in [0.1, 0.15) is 11.4 Å². The maximum absolute atomic E-state index is 12.6. The molecule has 0 unspecified atom stereocenters. The van der Waals surface area contributed by atoms with Gasteiger partial charge in [0.25, 0.3) is 0 Å². The molecular formula is C17H9F3N4O. The molecule has 0 N–H and O–H groups in total. The third-order valence-electron chi connectivity index (χ3n) is 3.12. The number of benzene rings is 1. The number of nitrogens with zero attached hydrogens (tertiary/aromatic N) is 4. The standard InChI is InChI=1S/C17H9F3N4O/c1-2-14-23-9-11(10-24-14)15-16(22-8-7-21-15)25-13-5-3-12(4-6-13)17(18,19)20/h1,3-10H. The molecule has 124 valence electrons. The molecule has 3 rings (SSSR count). The van der Waals surface area contributed by atoms with E-state index in [1.807, 2.05) is 0 Å².